The Balaban J connectivity index is 2.33. The zero-order valence-corrected chi connectivity index (χ0v) is 21.2. The Bertz CT molecular complexity index is 775. The van der Waals surface area contributed by atoms with Crippen molar-refractivity contribution in [2.75, 3.05) is 19.6 Å². The van der Waals surface area contributed by atoms with Crippen molar-refractivity contribution in [1.82, 2.24) is 16.0 Å². The van der Waals surface area contributed by atoms with Gasteiger partial charge in [-0.1, -0.05) is 12.1 Å². The van der Waals surface area contributed by atoms with Crippen LogP contribution >= 0.6 is 0 Å². The first-order valence-electron chi connectivity index (χ1n) is 11.6. The van der Waals surface area contributed by atoms with Gasteiger partial charge in [0, 0.05) is 37.2 Å². The monoisotopic (exact) mass is 477 g/mol. The van der Waals surface area contributed by atoms with Crippen molar-refractivity contribution in [2.24, 2.45) is 0 Å². The van der Waals surface area contributed by atoms with Crippen molar-refractivity contribution < 1.29 is 28.7 Å². The number of hydrogen-bond acceptors (Lipinski definition) is 6. The Morgan fingerprint density at radius 2 is 1.21 bits per heavy atom. The maximum atomic E-state index is 12.5. The first-order valence-corrected chi connectivity index (χ1v) is 11.6. The molecule has 1 aromatic rings. The van der Waals surface area contributed by atoms with E-state index in [4.69, 9.17) is 9.47 Å². The number of carbonyl (C=O) groups excluding carboxylic acids is 4. The van der Waals surface area contributed by atoms with Crippen molar-refractivity contribution in [1.29, 1.82) is 0 Å². The molecule has 9 heteroatoms. The highest BCUT2D eigenvalue weighted by molar-refractivity contribution is 6.00. The summed E-state index contributed by atoms with van der Waals surface area (Å²) in [7, 11) is 0. The smallest absolute Gasteiger partial charge is 0.407 e. The summed E-state index contributed by atoms with van der Waals surface area (Å²) < 4.78 is 10.3. The largest absolute Gasteiger partial charge is 0.444 e. The van der Waals surface area contributed by atoms with Gasteiger partial charge in [-0.15, -0.1) is 0 Å². The Hall–Kier alpha value is -3.10. The molecule has 0 radical (unpaired) electrons. The van der Waals surface area contributed by atoms with Gasteiger partial charge in [0.05, 0.1) is 0 Å². The highest BCUT2D eigenvalue weighted by atomic mass is 16.6. The molecule has 190 valence electrons. The van der Waals surface area contributed by atoms with Crippen molar-refractivity contribution in [3.8, 4) is 0 Å². The number of unbranched alkanes of at least 4 members (excludes halogenated alkanes) is 1. The highest BCUT2D eigenvalue weighted by Crippen LogP contribution is 2.11. The Morgan fingerprint density at radius 3 is 1.76 bits per heavy atom. The molecule has 0 saturated carbocycles. The molecule has 0 aliphatic heterocycles. The van der Waals surface area contributed by atoms with Crippen LogP contribution in [0.1, 0.15) is 87.9 Å². The van der Waals surface area contributed by atoms with Gasteiger partial charge in [-0.05, 0) is 72.9 Å². The van der Waals surface area contributed by atoms with Crippen LogP contribution in [0.15, 0.2) is 24.3 Å². The van der Waals surface area contributed by atoms with Crippen LogP contribution in [0.4, 0.5) is 9.59 Å². The van der Waals surface area contributed by atoms with Crippen LogP contribution in [-0.4, -0.2) is 54.7 Å². The second-order valence-corrected chi connectivity index (χ2v) is 9.93. The molecule has 3 amide bonds. The lowest BCUT2D eigenvalue weighted by Crippen LogP contribution is -2.34. The number of benzene rings is 1. The molecule has 34 heavy (non-hydrogen) atoms. The molecule has 0 heterocycles. The van der Waals surface area contributed by atoms with Crippen LogP contribution in [0.3, 0.4) is 0 Å². The van der Waals surface area contributed by atoms with Crippen molar-refractivity contribution in [2.45, 2.75) is 78.4 Å². The minimum Gasteiger partial charge on any atom is -0.444 e. The molecule has 0 bridgehead atoms. The Labute approximate surface area is 202 Å². The Morgan fingerprint density at radius 1 is 0.706 bits per heavy atom. The van der Waals surface area contributed by atoms with Crippen LogP contribution in [0, 0.1) is 0 Å². The summed E-state index contributed by atoms with van der Waals surface area (Å²) in [6.07, 6.45) is 1.14. The van der Waals surface area contributed by atoms with Gasteiger partial charge >= 0.3 is 12.2 Å². The SMILES string of the molecule is CC(C)(C)OC(=O)NCCCCC(=O)c1cccc(C(=O)NCCCNC(=O)OC(C)(C)C)c1. The molecule has 0 atom stereocenters. The molecular weight excluding hydrogens is 438 g/mol. The van der Waals surface area contributed by atoms with Crippen LogP contribution in [0.5, 0.6) is 0 Å². The van der Waals surface area contributed by atoms with E-state index in [1.165, 1.54) is 0 Å². The van der Waals surface area contributed by atoms with Gasteiger partial charge in [0.1, 0.15) is 11.2 Å². The van der Waals surface area contributed by atoms with Gasteiger partial charge in [0.25, 0.3) is 5.91 Å². The van der Waals surface area contributed by atoms with E-state index >= 15 is 0 Å². The van der Waals surface area contributed by atoms with Gasteiger partial charge in [-0.25, -0.2) is 9.59 Å². The van der Waals surface area contributed by atoms with E-state index in [9.17, 15) is 19.2 Å². The second-order valence-electron chi connectivity index (χ2n) is 9.93. The van der Waals surface area contributed by atoms with E-state index < -0.39 is 23.4 Å². The summed E-state index contributed by atoms with van der Waals surface area (Å²) in [5.41, 5.74) is -0.233. The molecule has 0 spiro atoms. The molecule has 0 saturated heterocycles. The molecule has 0 aliphatic carbocycles. The van der Waals surface area contributed by atoms with E-state index in [-0.39, 0.29) is 11.7 Å². The fourth-order valence-electron chi connectivity index (χ4n) is 2.79. The average molecular weight is 478 g/mol. The first-order chi connectivity index (χ1) is 15.8. The van der Waals surface area contributed by atoms with Crippen molar-refractivity contribution in [3.63, 3.8) is 0 Å². The quantitative estimate of drug-likeness (QED) is 0.324. The topological polar surface area (TPSA) is 123 Å². The zero-order chi connectivity index (χ0) is 25.8. The van der Waals surface area contributed by atoms with Crippen LogP contribution < -0.4 is 16.0 Å². The Kier molecular flexibility index (Phi) is 11.5. The van der Waals surface area contributed by atoms with Crippen LogP contribution in [0.2, 0.25) is 0 Å². The predicted molar refractivity (Wildman–Crippen MR) is 130 cm³/mol. The number of amides is 3. The third-order valence-corrected chi connectivity index (χ3v) is 4.25. The molecule has 0 fully saturated rings. The minimum absolute atomic E-state index is 0.0616. The summed E-state index contributed by atoms with van der Waals surface area (Å²) in [6.45, 7) is 11.9. The number of carbonyl (C=O) groups is 4. The molecule has 0 unspecified atom stereocenters. The maximum absolute atomic E-state index is 12.5. The van der Waals surface area contributed by atoms with Gasteiger partial charge in [-0.3, -0.25) is 9.59 Å². The number of alkyl carbamates (subject to hydrolysis) is 2. The lowest BCUT2D eigenvalue weighted by Gasteiger charge is -2.19. The van der Waals surface area contributed by atoms with Gasteiger partial charge < -0.3 is 25.4 Å². The third kappa shape index (κ3) is 13.4. The number of ketones is 1. The second kappa shape index (κ2) is 13.6. The number of nitrogens with one attached hydrogen (secondary N) is 3. The van der Waals surface area contributed by atoms with Gasteiger partial charge in [0.15, 0.2) is 5.78 Å². The molecule has 0 aromatic heterocycles. The number of ether oxygens (including phenoxy) is 2. The lowest BCUT2D eigenvalue weighted by atomic mass is 10.0. The van der Waals surface area contributed by atoms with Gasteiger partial charge in [0.2, 0.25) is 0 Å². The van der Waals surface area contributed by atoms with E-state index in [0.717, 1.165) is 0 Å². The molecule has 3 N–H and O–H groups in total. The van der Waals surface area contributed by atoms with Crippen LogP contribution in [-0.2, 0) is 9.47 Å². The fraction of sp³-hybridized carbons (Fsp3) is 0.600. The zero-order valence-electron chi connectivity index (χ0n) is 21.2. The summed E-state index contributed by atoms with van der Waals surface area (Å²) in [5.74, 6) is -0.345. The van der Waals surface area contributed by atoms with Gasteiger partial charge in [-0.2, -0.15) is 0 Å². The van der Waals surface area contributed by atoms with Crippen molar-refractivity contribution >= 4 is 23.9 Å². The third-order valence-electron chi connectivity index (χ3n) is 4.25. The first kappa shape index (κ1) is 28.9. The normalized spacial score (nSPS) is 11.4. The summed E-state index contributed by atoms with van der Waals surface area (Å²) >= 11 is 0. The maximum Gasteiger partial charge on any atom is 0.407 e. The standard InChI is InChI=1S/C25H39N3O6/c1-24(2,3)33-22(31)27-14-8-7-13-20(29)18-11-9-12-19(17-18)21(30)26-15-10-16-28-23(32)34-25(4,5)6/h9,11-12,17H,7-8,10,13-16H2,1-6H3,(H,26,30)(H,27,31)(H,28,32). The highest BCUT2D eigenvalue weighted by Gasteiger charge is 2.16. The predicted octanol–water partition coefficient (Wildman–Crippen LogP) is 4.21. The summed E-state index contributed by atoms with van der Waals surface area (Å²) in [4.78, 5) is 48.1. The average Bonchev–Trinajstić information content (AvgIpc) is 2.70. The minimum atomic E-state index is -0.558. The number of rotatable bonds is 11. The van der Waals surface area contributed by atoms with E-state index in [0.29, 0.717) is 56.4 Å². The van der Waals surface area contributed by atoms with Crippen LogP contribution in [0.25, 0.3) is 0 Å². The molecule has 9 nitrogen and oxygen atoms in total. The molecule has 1 aromatic carbocycles. The molecule has 1 rings (SSSR count). The summed E-state index contributed by atoms with van der Waals surface area (Å²) in [6, 6.07) is 6.59. The lowest BCUT2D eigenvalue weighted by molar-refractivity contribution is 0.0515. The van der Waals surface area contributed by atoms with E-state index in [2.05, 4.69) is 16.0 Å². The summed E-state index contributed by atoms with van der Waals surface area (Å²) in [5, 5.41) is 8.08. The molecule has 0 aliphatic rings. The number of Topliss-reactive ketones (excluding diaryl/α,β-unsaturated/α-hetero) is 1. The molecular formula is C25H39N3O6. The van der Waals surface area contributed by atoms with E-state index in [1.807, 2.05) is 0 Å². The fourth-order valence-corrected chi connectivity index (χ4v) is 2.79. The number of hydrogen-bond donors (Lipinski definition) is 3. The van der Waals surface area contributed by atoms with Crippen molar-refractivity contribution in [3.05, 3.63) is 35.4 Å². The van der Waals surface area contributed by atoms with E-state index in [1.54, 1.807) is 65.8 Å².